The summed E-state index contributed by atoms with van der Waals surface area (Å²) in [5, 5.41) is 9.86. The second kappa shape index (κ2) is 4.31. The van der Waals surface area contributed by atoms with E-state index in [1.807, 2.05) is 0 Å². The number of benzene rings is 2. The van der Waals surface area contributed by atoms with Crippen LogP contribution in [0.2, 0.25) is 0 Å². The standard InChI is InChI=1S/C10H9NO7S2/c11-6-3-1-2-5-4-7(19(13,14)15)10(20(16,17)18)9(12)8(5)6/h1-4,12H,11H2,(H,13,14,15)(H,16,17,18). The van der Waals surface area contributed by atoms with Crippen LogP contribution in [-0.4, -0.2) is 31.0 Å². The van der Waals surface area contributed by atoms with Crippen LogP contribution in [0, 0.1) is 0 Å². The monoisotopic (exact) mass is 319 g/mol. The molecule has 0 aliphatic heterocycles. The van der Waals surface area contributed by atoms with Gasteiger partial charge in [-0.25, -0.2) is 0 Å². The first-order valence-electron chi connectivity index (χ1n) is 5.02. The minimum Gasteiger partial charge on any atom is -0.506 e. The largest absolute Gasteiger partial charge is 0.506 e. The summed E-state index contributed by atoms with van der Waals surface area (Å²) in [6.07, 6.45) is 0. The third-order valence-electron chi connectivity index (χ3n) is 2.63. The lowest BCUT2D eigenvalue weighted by molar-refractivity contribution is 0.435. The summed E-state index contributed by atoms with van der Waals surface area (Å²) in [4.78, 5) is -2.44. The van der Waals surface area contributed by atoms with Gasteiger partial charge in [-0.3, -0.25) is 9.11 Å². The summed E-state index contributed by atoms with van der Waals surface area (Å²) in [7, 11) is -10.1. The lowest BCUT2D eigenvalue weighted by atomic mass is 10.1. The minimum absolute atomic E-state index is 0.0215. The number of phenols is 1. The molecule has 0 bridgehead atoms. The maximum absolute atomic E-state index is 11.3. The van der Waals surface area contributed by atoms with Crippen LogP contribution >= 0.6 is 0 Å². The van der Waals surface area contributed by atoms with Gasteiger partial charge in [0.05, 0.1) is 0 Å². The Balaban J connectivity index is 3.17. The summed E-state index contributed by atoms with van der Waals surface area (Å²) >= 11 is 0. The zero-order valence-electron chi connectivity index (χ0n) is 9.68. The Labute approximate surface area is 114 Å². The normalized spacial score (nSPS) is 12.7. The van der Waals surface area contributed by atoms with E-state index in [1.165, 1.54) is 18.2 Å². The van der Waals surface area contributed by atoms with Crippen LogP contribution in [0.25, 0.3) is 10.8 Å². The lowest BCUT2D eigenvalue weighted by Gasteiger charge is -2.11. The SMILES string of the molecule is Nc1cccc2cc(S(=O)(=O)O)c(S(=O)(=O)O)c(O)c12. The van der Waals surface area contributed by atoms with Gasteiger partial charge in [-0.1, -0.05) is 12.1 Å². The van der Waals surface area contributed by atoms with Gasteiger partial charge in [-0.05, 0) is 17.5 Å². The molecular weight excluding hydrogens is 310 g/mol. The van der Waals surface area contributed by atoms with Crippen LogP contribution < -0.4 is 5.73 Å². The maximum atomic E-state index is 11.3. The van der Waals surface area contributed by atoms with Gasteiger partial charge >= 0.3 is 0 Å². The molecule has 20 heavy (non-hydrogen) atoms. The van der Waals surface area contributed by atoms with Crippen molar-refractivity contribution < 1.29 is 31.0 Å². The molecule has 0 aliphatic rings. The number of rotatable bonds is 2. The van der Waals surface area contributed by atoms with E-state index in [0.717, 1.165) is 6.07 Å². The molecule has 0 spiro atoms. The van der Waals surface area contributed by atoms with Crippen molar-refractivity contribution in [1.29, 1.82) is 0 Å². The fourth-order valence-corrected chi connectivity index (χ4v) is 3.76. The fourth-order valence-electron chi connectivity index (χ4n) is 1.86. The zero-order valence-corrected chi connectivity index (χ0v) is 11.3. The summed E-state index contributed by atoms with van der Waals surface area (Å²) in [6.45, 7) is 0. The number of hydrogen-bond donors (Lipinski definition) is 4. The first kappa shape index (κ1) is 14.5. The number of nitrogen functional groups attached to an aromatic ring is 1. The van der Waals surface area contributed by atoms with Crippen molar-refractivity contribution >= 4 is 36.7 Å². The Hall–Kier alpha value is -1.88. The molecule has 0 saturated heterocycles. The van der Waals surface area contributed by atoms with Crippen molar-refractivity contribution in [2.75, 3.05) is 5.73 Å². The summed E-state index contributed by atoms with van der Waals surface area (Å²) in [5.41, 5.74) is 5.56. The van der Waals surface area contributed by atoms with Gasteiger partial charge in [0, 0.05) is 11.1 Å². The third-order valence-corrected chi connectivity index (χ3v) is 4.56. The molecule has 0 radical (unpaired) electrons. The highest BCUT2D eigenvalue weighted by Crippen LogP contribution is 2.39. The molecule has 0 aliphatic carbocycles. The molecule has 0 heterocycles. The molecule has 2 aromatic rings. The van der Waals surface area contributed by atoms with Gasteiger partial charge in [0.2, 0.25) is 0 Å². The summed E-state index contributed by atoms with van der Waals surface area (Å²) in [6, 6.07) is 4.94. The van der Waals surface area contributed by atoms with Crippen LogP contribution in [0.15, 0.2) is 34.1 Å². The van der Waals surface area contributed by atoms with E-state index in [9.17, 15) is 21.9 Å². The molecule has 2 rings (SSSR count). The van der Waals surface area contributed by atoms with Crippen LogP contribution in [-0.2, 0) is 20.2 Å². The fraction of sp³-hybridized carbons (Fsp3) is 0. The average Bonchev–Trinajstić information content (AvgIpc) is 2.25. The number of nitrogens with two attached hydrogens (primary N) is 1. The zero-order chi connectivity index (χ0) is 15.3. The molecule has 0 amide bonds. The molecule has 2 aromatic carbocycles. The van der Waals surface area contributed by atoms with Crippen molar-refractivity contribution in [3.8, 4) is 5.75 Å². The topological polar surface area (TPSA) is 155 Å². The van der Waals surface area contributed by atoms with E-state index in [0.29, 0.717) is 0 Å². The molecule has 0 unspecified atom stereocenters. The summed E-state index contributed by atoms with van der Waals surface area (Å²) in [5.74, 6) is -1.05. The van der Waals surface area contributed by atoms with E-state index in [1.54, 1.807) is 0 Å². The van der Waals surface area contributed by atoms with Gasteiger partial charge in [0.15, 0.2) is 4.90 Å². The quantitative estimate of drug-likeness (QED) is 0.463. The molecule has 108 valence electrons. The summed E-state index contributed by atoms with van der Waals surface area (Å²) < 4.78 is 63.0. The van der Waals surface area contributed by atoms with Crippen molar-refractivity contribution in [3.05, 3.63) is 24.3 Å². The lowest BCUT2D eigenvalue weighted by Crippen LogP contribution is -2.09. The van der Waals surface area contributed by atoms with E-state index in [4.69, 9.17) is 14.8 Å². The van der Waals surface area contributed by atoms with Crippen LogP contribution in [0.5, 0.6) is 5.75 Å². The number of fused-ring (bicyclic) bond motifs is 1. The van der Waals surface area contributed by atoms with Gasteiger partial charge in [0.1, 0.15) is 10.6 Å². The Morgan fingerprint density at radius 3 is 2.10 bits per heavy atom. The van der Waals surface area contributed by atoms with Crippen LogP contribution in [0.4, 0.5) is 5.69 Å². The predicted octanol–water partition coefficient (Wildman–Crippen LogP) is 0.621. The van der Waals surface area contributed by atoms with Crippen molar-refractivity contribution in [2.24, 2.45) is 0 Å². The van der Waals surface area contributed by atoms with Crippen molar-refractivity contribution in [2.45, 2.75) is 9.79 Å². The maximum Gasteiger partial charge on any atom is 0.299 e. The highest BCUT2D eigenvalue weighted by molar-refractivity contribution is 7.89. The van der Waals surface area contributed by atoms with Gasteiger partial charge < -0.3 is 10.8 Å². The van der Waals surface area contributed by atoms with Crippen LogP contribution in [0.3, 0.4) is 0 Å². The van der Waals surface area contributed by atoms with Gasteiger partial charge in [0.25, 0.3) is 20.2 Å². The number of aromatic hydroxyl groups is 1. The number of anilines is 1. The van der Waals surface area contributed by atoms with E-state index in [2.05, 4.69) is 0 Å². The first-order chi connectivity index (χ1) is 9.03. The molecule has 5 N–H and O–H groups in total. The van der Waals surface area contributed by atoms with E-state index in [-0.39, 0.29) is 16.5 Å². The molecule has 0 fully saturated rings. The van der Waals surface area contributed by atoms with E-state index >= 15 is 0 Å². The average molecular weight is 319 g/mol. The van der Waals surface area contributed by atoms with Crippen molar-refractivity contribution in [1.82, 2.24) is 0 Å². The minimum atomic E-state index is -5.10. The van der Waals surface area contributed by atoms with Crippen LogP contribution in [0.1, 0.15) is 0 Å². The smallest absolute Gasteiger partial charge is 0.299 e. The molecule has 0 aromatic heterocycles. The number of phenolic OH excluding ortho intramolecular Hbond substituents is 1. The predicted molar refractivity (Wildman–Crippen MR) is 69.7 cm³/mol. The molecule has 0 saturated carbocycles. The Morgan fingerprint density at radius 1 is 1.00 bits per heavy atom. The molecule has 8 nitrogen and oxygen atoms in total. The molecule has 10 heteroatoms. The Bertz CT molecular complexity index is 916. The number of hydrogen-bond acceptors (Lipinski definition) is 6. The second-order valence-corrected chi connectivity index (χ2v) is 6.70. The highest BCUT2D eigenvalue weighted by atomic mass is 32.2. The second-order valence-electron chi connectivity index (χ2n) is 3.95. The Morgan fingerprint density at radius 2 is 1.60 bits per heavy atom. The van der Waals surface area contributed by atoms with E-state index < -0.39 is 35.8 Å². The molecule has 0 atom stereocenters. The first-order valence-corrected chi connectivity index (χ1v) is 7.90. The van der Waals surface area contributed by atoms with Crippen molar-refractivity contribution in [3.63, 3.8) is 0 Å². The van der Waals surface area contributed by atoms with Gasteiger partial charge in [-0.15, -0.1) is 0 Å². The van der Waals surface area contributed by atoms with Gasteiger partial charge in [-0.2, -0.15) is 16.8 Å². The molecular formula is C10H9NO7S2. The third kappa shape index (κ3) is 2.29. The Kier molecular flexibility index (Phi) is 3.13. The highest BCUT2D eigenvalue weighted by Gasteiger charge is 2.30.